The molecule has 0 aliphatic heterocycles. The summed E-state index contributed by atoms with van der Waals surface area (Å²) in [7, 11) is 0. The molecule has 1 fully saturated rings. The number of aliphatic hydroxyl groups excluding tert-OH is 1. The van der Waals surface area contributed by atoms with Crippen LogP contribution in [0.15, 0.2) is 12.7 Å². The predicted octanol–water partition coefficient (Wildman–Crippen LogP) is 1.22. The van der Waals surface area contributed by atoms with Gasteiger partial charge in [0.2, 0.25) is 0 Å². The van der Waals surface area contributed by atoms with Crippen molar-refractivity contribution in [2.24, 2.45) is 0 Å². The van der Waals surface area contributed by atoms with Crippen LogP contribution in [0.2, 0.25) is 0 Å². The highest BCUT2D eigenvalue weighted by Crippen LogP contribution is 2.31. The molecule has 0 saturated heterocycles. The largest absolute Gasteiger partial charge is 0.391 e. The molecule has 1 aliphatic rings. The first-order valence-corrected chi connectivity index (χ1v) is 5.59. The molecule has 2 unspecified atom stereocenters. The van der Waals surface area contributed by atoms with Gasteiger partial charge in [-0.05, 0) is 26.2 Å². The van der Waals surface area contributed by atoms with Crippen molar-refractivity contribution < 1.29 is 5.11 Å². The van der Waals surface area contributed by atoms with Crippen LogP contribution >= 0.6 is 0 Å². The Morgan fingerprint density at radius 3 is 2.94 bits per heavy atom. The van der Waals surface area contributed by atoms with Gasteiger partial charge in [-0.15, -0.1) is 0 Å². The maximum atomic E-state index is 9.90. The molecule has 2 aromatic heterocycles. The van der Waals surface area contributed by atoms with Gasteiger partial charge in [-0.1, -0.05) is 0 Å². The number of imidazole rings is 1. The number of aromatic nitrogens is 4. The zero-order chi connectivity index (χ0) is 11.1. The van der Waals surface area contributed by atoms with E-state index >= 15 is 0 Å². The SMILES string of the molecule is Cc1ncnc2c1ncn2C1CCCC1O. The number of nitrogens with zero attached hydrogens (tertiary/aromatic N) is 4. The first-order valence-electron chi connectivity index (χ1n) is 5.59. The topological polar surface area (TPSA) is 63.8 Å². The summed E-state index contributed by atoms with van der Waals surface area (Å²) >= 11 is 0. The molecular formula is C11H14N4O. The van der Waals surface area contributed by atoms with Gasteiger partial charge in [0.05, 0.1) is 24.2 Å². The Morgan fingerprint density at radius 1 is 1.31 bits per heavy atom. The van der Waals surface area contributed by atoms with Crippen LogP contribution in [0.3, 0.4) is 0 Å². The van der Waals surface area contributed by atoms with Gasteiger partial charge in [-0.3, -0.25) is 0 Å². The third-order valence-electron chi connectivity index (χ3n) is 3.34. The minimum absolute atomic E-state index is 0.124. The molecule has 2 atom stereocenters. The Kier molecular flexibility index (Phi) is 2.14. The van der Waals surface area contributed by atoms with Gasteiger partial charge >= 0.3 is 0 Å². The summed E-state index contributed by atoms with van der Waals surface area (Å²) in [6, 6.07) is 0.124. The fourth-order valence-electron chi connectivity index (χ4n) is 2.46. The molecular weight excluding hydrogens is 204 g/mol. The van der Waals surface area contributed by atoms with E-state index in [1.165, 1.54) is 0 Å². The van der Waals surface area contributed by atoms with Crippen molar-refractivity contribution in [2.75, 3.05) is 0 Å². The number of aryl methyl sites for hydroxylation is 1. The number of fused-ring (bicyclic) bond motifs is 1. The van der Waals surface area contributed by atoms with Crippen molar-refractivity contribution >= 4 is 11.2 Å². The second-order valence-corrected chi connectivity index (χ2v) is 4.35. The summed E-state index contributed by atoms with van der Waals surface area (Å²) in [6.07, 6.45) is 5.98. The molecule has 0 bridgehead atoms. The molecule has 0 spiro atoms. The minimum atomic E-state index is -0.271. The van der Waals surface area contributed by atoms with Gasteiger partial charge in [-0.2, -0.15) is 0 Å². The third kappa shape index (κ3) is 1.31. The van der Waals surface area contributed by atoms with E-state index in [9.17, 15) is 5.11 Å². The fourth-order valence-corrected chi connectivity index (χ4v) is 2.46. The van der Waals surface area contributed by atoms with E-state index < -0.39 is 0 Å². The van der Waals surface area contributed by atoms with Crippen LogP contribution in [0.4, 0.5) is 0 Å². The van der Waals surface area contributed by atoms with Crippen molar-refractivity contribution in [1.29, 1.82) is 0 Å². The standard InChI is InChI=1S/C11H14N4O/c1-7-10-11(13-5-12-7)15(6-14-10)8-3-2-4-9(8)16/h5-6,8-9,16H,2-4H2,1H3. The van der Waals surface area contributed by atoms with Crippen LogP contribution < -0.4 is 0 Å². The minimum Gasteiger partial charge on any atom is -0.391 e. The quantitative estimate of drug-likeness (QED) is 0.781. The lowest BCUT2D eigenvalue weighted by Crippen LogP contribution is -2.17. The molecule has 2 aromatic rings. The maximum absolute atomic E-state index is 9.90. The first-order chi connectivity index (χ1) is 7.77. The molecule has 5 heteroatoms. The monoisotopic (exact) mass is 218 g/mol. The highest BCUT2D eigenvalue weighted by Gasteiger charge is 2.28. The lowest BCUT2D eigenvalue weighted by atomic mass is 10.2. The molecule has 2 heterocycles. The second-order valence-electron chi connectivity index (χ2n) is 4.35. The highest BCUT2D eigenvalue weighted by molar-refractivity contribution is 5.72. The smallest absolute Gasteiger partial charge is 0.163 e. The lowest BCUT2D eigenvalue weighted by Gasteiger charge is -2.16. The van der Waals surface area contributed by atoms with Crippen molar-refractivity contribution in [3.63, 3.8) is 0 Å². The van der Waals surface area contributed by atoms with E-state index in [1.807, 2.05) is 11.5 Å². The van der Waals surface area contributed by atoms with Gasteiger partial charge in [-0.25, -0.2) is 15.0 Å². The van der Waals surface area contributed by atoms with E-state index in [2.05, 4.69) is 15.0 Å². The summed E-state index contributed by atoms with van der Waals surface area (Å²) in [4.78, 5) is 12.7. The van der Waals surface area contributed by atoms with E-state index in [0.29, 0.717) is 0 Å². The van der Waals surface area contributed by atoms with Crippen molar-refractivity contribution in [1.82, 2.24) is 19.5 Å². The first kappa shape index (κ1) is 9.72. The molecule has 1 N–H and O–H groups in total. The van der Waals surface area contributed by atoms with Gasteiger partial charge in [0.15, 0.2) is 5.65 Å². The van der Waals surface area contributed by atoms with Crippen LogP contribution in [0.5, 0.6) is 0 Å². The van der Waals surface area contributed by atoms with Crippen molar-refractivity contribution in [3.8, 4) is 0 Å². The summed E-state index contributed by atoms with van der Waals surface area (Å²) in [5, 5.41) is 9.90. The number of hydrogen-bond donors (Lipinski definition) is 1. The Morgan fingerprint density at radius 2 is 2.19 bits per heavy atom. The van der Waals surface area contributed by atoms with Gasteiger partial charge in [0.1, 0.15) is 11.8 Å². The van der Waals surface area contributed by atoms with Crippen molar-refractivity contribution in [3.05, 3.63) is 18.3 Å². The predicted molar refractivity (Wildman–Crippen MR) is 59.0 cm³/mol. The lowest BCUT2D eigenvalue weighted by molar-refractivity contribution is 0.138. The zero-order valence-electron chi connectivity index (χ0n) is 9.17. The van der Waals surface area contributed by atoms with E-state index in [0.717, 1.165) is 36.1 Å². The summed E-state index contributed by atoms with van der Waals surface area (Å²) in [6.45, 7) is 1.92. The molecule has 1 saturated carbocycles. The van der Waals surface area contributed by atoms with E-state index in [1.54, 1.807) is 12.7 Å². The number of rotatable bonds is 1. The van der Waals surface area contributed by atoms with Crippen LogP contribution in [-0.2, 0) is 0 Å². The number of hydrogen-bond acceptors (Lipinski definition) is 4. The molecule has 84 valence electrons. The molecule has 16 heavy (non-hydrogen) atoms. The Labute approximate surface area is 93.2 Å². The summed E-state index contributed by atoms with van der Waals surface area (Å²) < 4.78 is 1.99. The van der Waals surface area contributed by atoms with Crippen LogP contribution in [-0.4, -0.2) is 30.7 Å². The normalized spacial score (nSPS) is 25.4. The second kappa shape index (κ2) is 3.52. The number of aliphatic hydroxyl groups is 1. The average Bonchev–Trinajstić information content (AvgIpc) is 2.84. The highest BCUT2D eigenvalue weighted by atomic mass is 16.3. The summed E-state index contributed by atoms with van der Waals surface area (Å²) in [5.41, 5.74) is 2.55. The van der Waals surface area contributed by atoms with E-state index in [-0.39, 0.29) is 12.1 Å². The molecule has 3 rings (SSSR count). The van der Waals surface area contributed by atoms with Gasteiger partial charge < -0.3 is 9.67 Å². The van der Waals surface area contributed by atoms with Gasteiger partial charge in [0, 0.05) is 0 Å². The van der Waals surface area contributed by atoms with Crippen molar-refractivity contribution in [2.45, 2.75) is 38.3 Å². The molecule has 5 nitrogen and oxygen atoms in total. The Bertz CT molecular complexity index is 522. The molecule has 0 amide bonds. The maximum Gasteiger partial charge on any atom is 0.163 e. The van der Waals surface area contributed by atoms with Crippen LogP contribution in [0.25, 0.3) is 11.2 Å². The Hall–Kier alpha value is -1.49. The fraction of sp³-hybridized carbons (Fsp3) is 0.545. The molecule has 0 radical (unpaired) electrons. The average molecular weight is 218 g/mol. The van der Waals surface area contributed by atoms with Crippen LogP contribution in [0.1, 0.15) is 31.0 Å². The van der Waals surface area contributed by atoms with Crippen LogP contribution in [0, 0.1) is 6.92 Å². The van der Waals surface area contributed by atoms with E-state index in [4.69, 9.17) is 0 Å². The summed E-state index contributed by atoms with van der Waals surface area (Å²) in [5.74, 6) is 0. The third-order valence-corrected chi connectivity index (χ3v) is 3.34. The Balaban J connectivity index is 2.14. The zero-order valence-corrected chi connectivity index (χ0v) is 9.17. The van der Waals surface area contributed by atoms with Gasteiger partial charge in [0.25, 0.3) is 0 Å². The molecule has 0 aromatic carbocycles. The molecule has 1 aliphatic carbocycles.